The summed E-state index contributed by atoms with van der Waals surface area (Å²) < 4.78 is 16.8. The molecule has 27 heavy (non-hydrogen) atoms. The van der Waals surface area contributed by atoms with Gasteiger partial charge >= 0.3 is 0 Å². The van der Waals surface area contributed by atoms with E-state index in [-0.39, 0.29) is 6.61 Å². The van der Waals surface area contributed by atoms with Gasteiger partial charge in [-0.15, -0.1) is 0 Å². The number of nitrogens with zero attached hydrogens (tertiary/aromatic N) is 2. The van der Waals surface area contributed by atoms with Gasteiger partial charge in [-0.2, -0.15) is 0 Å². The molecular weight excluding hydrogens is 344 g/mol. The molecule has 0 bridgehead atoms. The highest BCUT2D eigenvalue weighted by molar-refractivity contribution is 5.43. The summed E-state index contributed by atoms with van der Waals surface area (Å²) in [5.74, 6) is 1.41. The zero-order valence-corrected chi connectivity index (χ0v) is 16.7. The predicted octanol–water partition coefficient (Wildman–Crippen LogP) is 2.14. The second-order valence-corrected chi connectivity index (χ2v) is 7.72. The molecule has 1 aromatic rings. The van der Waals surface area contributed by atoms with Crippen molar-refractivity contribution in [2.45, 2.75) is 44.4 Å². The van der Waals surface area contributed by atoms with Crippen LogP contribution in [0.4, 0.5) is 0 Å². The highest BCUT2D eigenvalue weighted by atomic mass is 16.5. The van der Waals surface area contributed by atoms with Crippen molar-refractivity contribution in [3.05, 3.63) is 23.8 Å². The molecule has 0 aliphatic carbocycles. The van der Waals surface area contributed by atoms with Crippen LogP contribution in [0.1, 0.15) is 31.2 Å². The van der Waals surface area contributed by atoms with E-state index in [2.05, 4.69) is 22.9 Å². The van der Waals surface area contributed by atoms with Crippen molar-refractivity contribution in [3.8, 4) is 11.5 Å². The zero-order chi connectivity index (χ0) is 19.1. The van der Waals surface area contributed by atoms with Crippen molar-refractivity contribution >= 4 is 0 Å². The van der Waals surface area contributed by atoms with Gasteiger partial charge in [0, 0.05) is 32.3 Å². The normalized spacial score (nSPS) is 20.1. The summed E-state index contributed by atoms with van der Waals surface area (Å²) in [4.78, 5) is 4.68. The zero-order valence-electron chi connectivity index (χ0n) is 16.7. The first-order valence-corrected chi connectivity index (χ1v) is 10.1. The van der Waals surface area contributed by atoms with E-state index in [1.807, 2.05) is 12.1 Å². The first-order chi connectivity index (χ1) is 13.2. The highest BCUT2D eigenvalue weighted by Crippen LogP contribution is 2.29. The standard InChI is InChI=1S/C21H34N2O4/c1-22(18-7-11-26-12-8-18)14-17-5-6-20(21(13-17)25-2)27-16-19(24)15-23-9-3-4-10-23/h5-6,13,18-19,24H,3-4,7-12,14-16H2,1-2H3. The van der Waals surface area contributed by atoms with Crippen LogP contribution in [0.5, 0.6) is 11.5 Å². The molecule has 1 aromatic carbocycles. The van der Waals surface area contributed by atoms with Crippen LogP contribution in [0.25, 0.3) is 0 Å². The molecule has 2 aliphatic rings. The second kappa shape index (κ2) is 10.3. The van der Waals surface area contributed by atoms with E-state index < -0.39 is 6.10 Å². The van der Waals surface area contributed by atoms with Crippen molar-refractivity contribution < 1.29 is 19.3 Å². The molecule has 1 unspecified atom stereocenters. The molecule has 0 saturated carbocycles. The van der Waals surface area contributed by atoms with Crippen LogP contribution in [0.2, 0.25) is 0 Å². The fourth-order valence-electron chi connectivity index (χ4n) is 3.97. The highest BCUT2D eigenvalue weighted by Gasteiger charge is 2.20. The lowest BCUT2D eigenvalue weighted by atomic mass is 10.1. The monoisotopic (exact) mass is 378 g/mol. The Morgan fingerprint density at radius 2 is 1.96 bits per heavy atom. The number of rotatable bonds is 9. The van der Waals surface area contributed by atoms with E-state index >= 15 is 0 Å². The lowest BCUT2D eigenvalue weighted by molar-refractivity contribution is 0.0406. The third kappa shape index (κ3) is 6.07. The molecule has 2 heterocycles. The second-order valence-electron chi connectivity index (χ2n) is 7.72. The van der Waals surface area contributed by atoms with Crippen LogP contribution in [0.3, 0.4) is 0 Å². The molecule has 2 fully saturated rings. The number of ether oxygens (including phenoxy) is 3. The van der Waals surface area contributed by atoms with Crippen molar-refractivity contribution in [2.75, 3.05) is 53.6 Å². The Balaban J connectivity index is 1.51. The van der Waals surface area contributed by atoms with Gasteiger partial charge in [-0.05, 0) is 63.5 Å². The molecule has 2 aliphatic heterocycles. The number of methoxy groups -OCH3 is 1. The van der Waals surface area contributed by atoms with Gasteiger partial charge in [0.15, 0.2) is 11.5 Å². The van der Waals surface area contributed by atoms with Gasteiger partial charge in [-0.3, -0.25) is 4.90 Å². The van der Waals surface area contributed by atoms with Crippen LogP contribution < -0.4 is 9.47 Å². The van der Waals surface area contributed by atoms with Gasteiger partial charge in [-0.25, -0.2) is 0 Å². The summed E-state index contributed by atoms with van der Waals surface area (Å²) in [6.45, 7) is 5.70. The van der Waals surface area contributed by atoms with Crippen molar-refractivity contribution in [1.29, 1.82) is 0 Å². The molecule has 0 radical (unpaired) electrons. The minimum absolute atomic E-state index is 0.286. The summed E-state index contributed by atoms with van der Waals surface area (Å²) in [6.07, 6.45) is 4.15. The lowest BCUT2D eigenvalue weighted by Gasteiger charge is -2.31. The molecule has 1 atom stereocenters. The quantitative estimate of drug-likeness (QED) is 0.711. The Morgan fingerprint density at radius 1 is 1.22 bits per heavy atom. The first kappa shape index (κ1) is 20.4. The van der Waals surface area contributed by atoms with Crippen LogP contribution in [-0.2, 0) is 11.3 Å². The van der Waals surface area contributed by atoms with Crippen LogP contribution in [-0.4, -0.2) is 80.7 Å². The topological polar surface area (TPSA) is 54.4 Å². The maximum Gasteiger partial charge on any atom is 0.161 e. The fraction of sp³-hybridized carbons (Fsp3) is 0.714. The van der Waals surface area contributed by atoms with Gasteiger partial charge in [-0.1, -0.05) is 6.07 Å². The number of β-amino-alcohol motifs (C(OH)–C–C–N with tert-alkyl or cyclic N) is 1. The van der Waals surface area contributed by atoms with E-state index in [0.29, 0.717) is 18.3 Å². The molecule has 152 valence electrons. The molecule has 2 saturated heterocycles. The Bertz CT molecular complexity index is 571. The van der Waals surface area contributed by atoms with Crippen molar-refractivity contribution in [2.24, 2.45) is 0 Å². The maximum atomic E-state index is 10.2. The summed E-state index contributed by atoms with van der Waals surface area (Å²) in [7, 11) is 3.83. The number of hydrogen-bond acceptors (Lipinski definition) is 6. The Hall–Kier alpha value is -1.34. The number of benzene rings is 1. The molecule has 0 aromatic heterocycles. The molecular formula is C21H34N2O4. The number of aliphatic hydroxyl groups is 1. The summed E-state index contributed by atoms with van der Waals surface area (Å²) in [6, 6.07) is 6.65. The third-order valence-corrected chi connectivity index (χ3v) is 5.57. The Kier molecular flexibility index (Phi) is 7.76. The summed E-state index contributed by atoms with van der Waals surface area (Å²) in [5.41, 5.74) is 1.20. The Morgan fingerprint density at radius 3 is 2.67 bits per heavy atom. The SMILES string of the molecule is COc1cc(CN(C)C2CCOCC2)ccc1OCC(O)CN1CCCC1. The van der Waals surface area contributed by atoms with Crippen LogP contribution >= 0.6 is 0 Å². The lowest BCUT2D eigenvalue weighted by Crippen LogP contribution is -2.36. The van der Waals surface area contributed by atoms with E-state index in [1.165, 1.54) is 18.4 Å². The maximum absolute atomic E-state index is 10.2. The Labute approximate surface area is 163 Å². The molecule has 6 heteroatoms. The van der Waals surface area contributed by atoms with Gasteiger partial charge in [0.2, 0.25) is 0 Å². The molecule has 0 amide bonds. The van der Waals surface area contributed by atoms with Gasteiger partial charge in [0.1, 0.15) is 12.7 Å². The third-order valence-electron chi connectivity index (χ3n) is 5.57. The van der Waals surface area contributed by atoms with E-state index in [0.717, 1.165) is 51.4 Å². The van der Waals surface area contributed by atoms with Crippen LogP contribution in [0.15, 0.2) is 18.2 Å². The summed E-state index contributed by atoms with van der Waals surface area (Å²) in [5, 5.41) is 10.2. The smallest absolute Gasteiger partial charge is 0.161 e. The van der Waals surface area contributed by atoms with Gasteiger partial charge in [0.25, 0.3) is 0 Å². The van der Waals surface area contributed by atoms with Crippen molar-refractivity contribution in [3.63, 3.8) is 0 Å². The van der Waals surface area contributed by atoms with Crippen LogP contribution in [0, 0.1) is 0 Å². The predicted molar refractivity (Wildman–Crippen MR) is 105 cm³/mol. The van der Waals surface area contributed by atoms with E-state index in [4.69, 9.17) is 14.2 Å². The fourth-order valence-corrected chi connectivity index (χ4v) is 3.97. The van der Waals surface area contributed by atoms with E-state index in [9.17, 15) is 5.11 Å². The van der Waals surface area contributed by atoms with Gasteiger partial charge < -0.3 is 24.2 Å². The number of aliphatic hydroxyl groups excluding tert-OH is 1. The average Bonchev–Trinajstić information content (AvgIpc) is 3.20. The molecule has 0 spiro atoms. The van der Waals surface area contributed by atoms with Crippen molar-refractivity contribution in [1.82, 2.24) is 9.80 Å². The molecule has 3 rings (SSSR count). The minimum atomic E-state index is -0.480. The van der Waals surface area contributed by atoms with Gasteiger partial charge in [0.05, 0.1) is 7.11 Å². The number of hydrogen-bond donors (Lipinski definition) is 1. The summed E-state index contributed by atoms with van der Waals surface area (Å²) >= 11 is 0. The molecule has 6 nitrogen and oxygen atoms in total. The number of likely N-dealkylation sites (tertiary alicyclic amines) is 1. The average molecular weight is 379 g/mol. The first-order valence-electron chi connectivity index (χ1n) is 10.1. The molecule has 1 N–H and O–H groups in total. The van der Waals surface area contributed by atoms with E-state index in [1.54, 1.807) is 7.11 Å². The largest absolute Gasteiger partial charge is 0.493 e. The minimum Gasteiger partial charge on any atom is -0.493 e.